The number of allylic oxidation sites excluding steroid dienone is 1. The molecule has 1 atom stereocenters. The smallest absolute Gasteiger partial charge is 0.305 e. The number of esters is 1. The maximum Gasteiger partial charge on any atom is 0.305 e. The Morgan fingerprint density at radius 1 is 1.07 bits per heavy atom. The van der Waals surface area contributed by atoms with Crippen LogP contribution in [0.15, 0.2) is 48.8 Å². The molecule has 0 fully saturated rings. The molecule has 1 aromatic heterocycles. The number of aromatic nitrogens is 2. The van der Waals surface area contributed by atoms with E-state index in [0.29, 0.717) is 24.6 Å². The molecule has 162 valence electrons. The second-order valence-corrected chi connectivity index (χ2v) is 7.38. The highest BCUT2D eigenvalue weighted by Crippen LogP contribution is 2.18. The minimum absolute atomic E-state index is 0.0696. The fourth-order valence-electron chi connectivity index (χ4n) is 2.90. The van der Waals surface area contributed by atoms with Crippen LogP contribution < -0.4 is 4.74 Å². The molecule has 30 heavy (non-hydrogen) atoms. The number of carbonyl (C=O) groups is 1. The standard InChI is InChI=1S/C25H34N2O3/c1-4-6-7-8-9-10-17-29-23-18-26-25(27-19-23)22-15-13-21(14-16-22)12-11-20(3)30-24(28)5-2/h8-9,13-16,18-20H,4-7,10-12,17H2,1-3H3/b9-8-. The van der Waals surface area contributed by atoms with Gasteiger partial charge in [-0.2, -0.15) is 0 Å². The van der Waals surface area contributed by atoms with E-state index >= 15 is 0 Å². The van der Waals surface area contributed by atoms with Gasteiger partial charge < -0.3 is 9.47 Å². The number of hydrogen-bond donors (Lipinski definition) is 0. The van der Waals surface area contributed by atoms with Crippen molar-refractivity contribution in [3.05, 3.63) is 54.4 Å². The van der Waals surface area contributed by atoms with Gasteiger partial charge in [0.2, 0.25) is 0 Å². The molecule has 2 aromatic rings. The minimum atomic E-state index is -0.147. The van der Waals surface area contributed by atoms with Crippen LogP contribution in [0.3, 0.4) is 0 Å². The maximum absolute atomic E-state index is 11.3. The Balaban J connectivity index is 1.78. The Morgan fingerprint density at radius 3 is 2.43 bits per heavy atom. The summed E-state index contributed by atoms with van der Waals surface area (Å²) in [6.45, 7) is 6.57. The highest BCUT2D eigenvalue weighted by molar-refractivity contribution is 5.69. The monoisotopic (exact) mass is 410 g/mol. The second kappa shape index (κ2) is 13.5. The highest BCUT2D eigenvalue weighted by Gasteiger charge is 2.08. The molecule has 2 rings (SSSR count). The van der Waals surface area contributed by atoms with Crippen molar-refractivity contribution in [3.8, 4) is 17.1 Å². The van der Waals surface area contributed by atoms with E-state index in [-0.39, 0.29) is 12.1 Å². The molecule has 5 heteroatoms. The largest absolute Gasteiger partial charge is 0.490 e. The van der Waals surface area contributed by atoms with Crippen molar-refractivity contribution >= 4 is 5.97 Å². The van der Waals surface area contributed by atoms with Crippen LogP contribution in [-0.4, -0.2) is 28.6 Å². The van der Waals surface area contributed by atoms with Gasteiger partial charge in [0.05, 0.1) is 25.1 Å². The van der Waals surface area contributed by atoms with Gasteiger partial charge in [0, 0.05) is 12.0 Å². The molecule has 0 aliphatic rings. The molecule has 1 unspecified atom stereocenters. The van der Waals surface area contributed by atoms with Gasteiger partial charge in [-0.25, -0.2) is 9.97 Å². The number of carbonyl (C=O) groups excluding carboxylic acids is 1. The number of nitrogens with zero attached hydrogens (tertiary/aromatic N) is 2. The zero-order valence-electron chi connectivity index (χ0n) is 18.5. The molecule has 0 aliphatic carbocycles. The Bertz CT molecular complexity index is 770. The van der Waals surface area contributed by atoms with Gasteiger partial charge in [0.25, 0.3) is 0 Å². The molecule has 0 saturated heterocycles. The van der Waals surface area contributed by atoms with Crippen molar-refractivity contribution in [3.63, 3.8) is 0 Å². The molecule has 0 spiro atoms. The van der Waals surface area contributed by atoms with Gasteiger partial charge in [-0.05, 0) is 38.2 Å². The van der Waals surface area contributed by atoms with Crippen LogP contribution >= 0.6 is 0 Å². The van der Waals surface area contributed by atoms with Crippen molar-refractivity contribution in [2.24, 2.45) is 0 Å². The van der Waals surface area contributed by atoms with Crippen molar-refractivity contribution in [2.45, 2.75) is 71.8 Å². The van der Waals surface area contributed by atoms with Gasteiger partial charge in [0.1, 0.15) is 0 Å². The van der Waals surface area contributed by atoms with E-state index in [1.807, 2.05) is 19.1 Å². The van der Waals surface area contributed by atoms with E-state index in [1.54, 1.807) is 19.3 Å². The molecule has 0 saturated carbocycles. The van der Waals surface area contributed by atoms with Crippen molar-refractivity contribution < 1.29 is 14.3 Å². The fraction of sp³-hybridized carbons (Fsp3) is 0.480. The van der Waals surface area contributed by atoms with E-state index in [0.717, 1.165) is 31.2 Å². The predicted molar refractivity (Wildman–Crippen MR) is 120 cm³/mol. The highest BCUT2D eigenvalue weighted by atomic mass is 16.5. The molecule has 0 bridgehead atoms. The Hall–Kier alpha value is -2.69. The molecular weight excluding hydrogens is 376 g/mol. The van der Waals surface area contributed by atoms with E-state index in [2.05, 4.69) is 41.2 Å². The first kappa shape index (κ1) is 23.6. The normalized spacial score (nSPS) is 12.1. The number of hydrogen-bond acceptors (Lipinski definition) is 5. The quantitative estimate of drug-likeness (QED) is 0.232. The maximum atomic E-state index is 11.3. The zero-order chi connectivity index (χ0) is 21.6. The SMILES string of the molecule is CCCC/C=C\CCOc1cnc(-c2ccc(CCC(C)OC(=O)CC)cc2)nc1. The number of ether oxygens (including phenoxy) is 2. The topological polar surface area (TPSA) is 61.3 Å². The van der Waals surface area contributed by atoms with Gasteiger partial charge in [0.15, 0.2) is 11.6 Å². The van der Waals surface area contributed by atoms with Crippen LogP contribution in [0.4, 0.5) is 0 Å². The Kier molecular flexibility index (Phi) is 10.6. The Morgan fingerprint density at radius 2 is 1.77 bits per heavy atom. The van der Waals surface area contributed by atoms with Crippen LogP contribution in [0.1, 0.15) is 64.9 Å². The van der Waals surface area contributed by atoms with Gasteiger partial charge >= 0.3 is 5.97 Å². The van der Waals surface area contributed by atoms with Crippen LogP contribution in [0, 0.1) is 0 Å². The predicted octanol–water partition coefficient (Wildman–Crippen LogP) is 5.93. The summed E-state index contributed by atoms with van der Waals surface area (Å²) in [5, 5.41) is 0. The molecule has 0 N–H and O–H groups in total. The lowest BCUT2D eigenvalue weighted by molar-refractivity contribution is -0.148. The lowest BCUT2D eigenvalue weighted by Gasteiger charge is -2.12. The van der Waals surface area contributed by atoms with Crippen LogP contribution in [0.5, 0.6) is 5.75 Å². The van der Waals surface area contributed by atoms with Crippen LogP contribution in [0.25, 0.3) is 11.4 Å². The van der Waals surface area contributed by atoms with E-state index in [9.17, 15) is 4.79 Å². The van der Waals surface area contributed by atoms with Crippen molar-refractivity contribution in [1.82, 2.24) is 9.97 Å². The van der Waals surface area contributed by atoms with E-state index in [4.69, 9.17) is 9.47 Å². The average molecular weight is 411 g/mol. The summed E-state index contributed by atoms with van der Waals surface area (Å²) in [6.07, 6.45) is 14.3. The van der Waals surface area contributed by atoms with Crippen LogP contribution in [-0.2, 0) is 16.0 Å². The summed E-state index contributed by atoms with van der Waals surface area (Å²) < 4.78 is 11.0. The third-order valence-corrected chi connectivity index (χ3v) is 4.75. The fourth-order valence-corrected chi connectivity index (χ4v) is 2.90. The van der Waals surface area contributed by atoms with Crippen molar-refractivity contribution in [2.75, 3.05) is 6.61 Å². The first-order valence-corrected chi connectivity index (χ1v) is 11.0. The molecule has 0 aliphatic heterocycles. The summed E-state index contributed by atoms with van der Waals surface area (Å²) in [4.78, 5) is 20.2. The zero-order valence-corrected chi connectivity index (χ0v) is 18.5. The number of benzene rings is 1. The number of unbranched alkanes of at least 4 members (excludes halogenated alkanes) is 2. The summed E-state index contributed by atoms with van der Waals surface area (Å²) in [6, 6.07) is 8.19. The number of rotatable bonds is 13. The Labute approximate surface area is 180 Å². The second-order valence-electron chi connectivity index (χ2n) is 7.38. The van der Waals surface area contributed by atoms with Crippen molar-refractivity contribution in [1.29, 1.82) is 0 Å². The number of aryl methyl sites for hydroxylation is 1. The third-order valence-electron chi connectivity index (χ3n) is 4.75. The van der Waals surface area contributed by atoms with Gasteiger partial charge in [-0.15, -0.1) is 0 Å². The summed E-state index contributed by atoms with van der Waals surface area (Å²) in [5.74, 6) is 1.22. The molecule has 5 nitrogen and oxygen atoms in total. The van der Waals surface area contributed by atoms with E-state index < -0.39 is 0 Å². The molecule has 0 amide bonds. The first-order valence-electron chi connectivity index (χ1n) is 11.0. The first-order chi connectivity index (χ1) is 14.6. The van der Waals surface area contributed by atoms with Crippen LogP contribution in [0.2, 0.25) is 0 Å². The van der Waals surface area contributed by atoms with Gasteiger partial charge in [-0.1, -0.05) is 63.1 Å². The average Bonchev–Trinajstić information content (AvgIpc) is 2.78. The lowest BCUT2D eigenvalue weighted by atomic mass is 10.1. The van der Waals surface area contributed by atoms with E-state index in [1.165, 1.54) is 18.4 Å². The molecule has 1 aromatic carbocycles. The molecular formula is C25H34N2O3. The summed E-state index contributed by atoms with van der Waals surface area (Å²) in [5.41, 5.74) is 2.17. The molecule has 1 heterocycles. The molecule has 0 radical (unpaired) electrons. The summed E-state index contributed by atoms with van der Waals surface area (Å²) in [7, 11) is 0. The summed E-state index contributed by atoms with van der Waals surface area (Å²) >= 11 is 0. The minimum Gasteiger partial charge on any atom is -0.490 e. The van der Waals surface area contributed by atoms with Gasteiger partial charge in [-0.3, -0.25) is 4.79 Å². The third kappa shape index (κ3) is 8.76. The lowest BCUT2D eigenvalue weighted by Crippen LogP contribution is -2.14.